The van der Waals surface area contributed by atoms with Crippen LogP contribution in [0, 0.1) is 0 Å². The molecule has 2 rings (SSSR count). The maximum atomic E-state index is 12.3. The summed E-state index contributed by atoms with van der Waals surface area (Å²) < 4.78 is 3.35. The molecule has 0 fully saturated rings. The number of benzene rings is 1. The number of anilines is 1. The van der Waals surface area contributed by atoms with Gasteiger partial charge < -0.3 is 5.73 Å². The van der Waals surface area contributed by atoms with E-state index in [9.17, 15) is 4.79 Å². The summed E-state index contributed by atoms with van der Waals surface area (Å²) in [6.45, 7) is 4.55. The molecule has 0 aliphatic heterocycles. The van der Waals surface area contributed by atoms with Crippen LogP contribution in [0.1, 0.15) is 19.5 Å². The molecule has 19 heavy (non-hydrogen) atoms. The largest absolute Gasteiger partial charge is 0.393 e. The fraction of sp³-hybridized carbons (Fsp3) is 0.308. The Balaban J connectivity index is 2.78. The van der Waals surface area contributed by atoms with Gasteiger partial charge in [0.1, 0.15) is 5.69 Å². The van der Waals surface area contributed by atoms with Crippen LogP contribution in [-0.2, 0) is 13.0 Å². The van der Waals surface area contributed by atoms with E-state index in [2.05, 4.69) is 0 Å². The van der Waals surface area contributed by atoms with Crippen molar-refractivity contribution in [2.45, 2.75) is 26.8 Å². The van der Waals surface area contributed by atoms with Crippen molar-refractivity contribution in [1.82, 2.24) is 9.36 Å². The molecule has 2 aromatic rings. The molecule has 0 bridgehead atoms. The van der Waals surface area contributed by atoms with Crippen molar-refractivity contribution in [3.8, 4) is 5.69 Å². The highest BCUT2D eigenvalue weighted by Crippen LogP contribution is 2.25. The normalized spacial score (nSPS) is 10.9. The zero-order valence-electron chi connectivity index (χ0n) is 10.8. The lowest BCUT2D eigenvalue weighted by Gasteiger charge is -2.13. The third-order valence-electron chi connectivity index (χ3n) is 3.06. The summed E-state index contributed by atoms with van der Waals surface area (Å²) in [4.78, 5) is 12.3. The summed E-state index contributed by atoms with van der Waals surface area (Å²) in [6, 6.07) is 5.03. The smallest absolute Gasteiger partial charge is 0.294 e. The molecule has 0 radical (unpaired) electrons. The van der Waals surface area contributed by atoms with Crippen LogP contribution < -0.4 is 11.3 Å². The monoisotopic (exact) mass is 299 g/mol. The molecule has 6 heteroatoms. The van der Waals surface area contributed by atoms with Gasteiger partial charge in [0.15, 0.2) is 0 Å². The maximum Gasteiger partial charge on any atom is 0.294 e. The summed E-state index contributed by atoms with van der Waals surface area (Å²) in [7, 11) is 0. The number of nitrogen functional groups attached to an aromatic ring is 1. The third kappa shape index (κ3) is 2.26. The molecule has 0 aliphatic rings. The van der Waals surface area contributed by atoms with E-state index in [0.717, 1.165) is 5.69 Å². The summed E-state index contributed by atoms with van der Waals surface area (Å²) >= 11 is 12.0. The predicted octanol–water partition coefficient (Wildman–Crippen LogP) is 3.11. The van der Waals surface area contributed by atoms with Gasteiger partial charge in [-0.15, -0.1) is 0 Å². The molecule has 1 heterocycles. The maximum absolute atomic E-state index is 12.3. The van der Waals surface area contributed by atoms with E-state index in [0.29, 0.717) is 28.7 Å². The molecule has 1 aromatic heterocycles. The quantitative estimate of drug-likeness (QED) is 0.947. The van der Waals surface area contributed by atoms with E-state index in [1.807, 2.05) is 18.5 Å². The average molecular weight is 300 g/mol. The van der Waals surface area contributed by atoms with Gasteiger partial charge in [-0.1, -0.05) is 30.1 Å². The van der Waals surface area contributed by atoms with E-state index in [-0.39, 0.29) is 11.2 Å². The van der Waals surface area contributed by atoms with Gasteiger partial charge in [0, 0.05) is 11.6 Å². The average Bonchev–Trinajstić information content (AvgIpc) is 2.62. The van der Waals surface area contributed by atoms with Gasteiger partial charge in [-0.05, 0) is 31.5 Å². The van der Waals surface area contributed by atoms with E-state index >= 15 is 0 Å². The van der Waals surface area contributed by atoms with Gasteiger partial charge in [-0.25, -0.2) is 4.68 Å². The van der Waals surface area contributed by atoms with Crippen LogP contribution >= 0.6 is 23.2 Å². The Morgan fingerprint density at radius 2 is 1.95 bits per heavy atom. The van der Waals surface area contributed by atoms with Crippen molar-refractivity contribution in [2.75, 3.05) is 5.73 Å². The molecular weight excluding hydrogens is 285 g/mol. The molecule has 0 unspecified atom stereocenters. The lowest BCUT2D eigenvalue weighted by molar-refractivity contribution is 0.551. The molecular formula is C13H15Cl2N3O. The Morgan fingerprint density at radius 3 is 2.47 bits per heavy atom. The SMILES string of the molecule is CCc1c(N)c(=O)n(-c2ccc(Cl)cc2Cl)n1CC. The number of rotatable bonds is 3. The molecule has 1 aromatic carbocycles. The number of aromatic nitrogens is 2. The highest BCUT2D eigenvalue weighted by atomic mass is 35.5. The van der Waals surface area contributed by atoms with Crippen molar-refractivity contribution in [2.24, 2.45) is 0 Å². The van der Waals surface area contributed by atoms with Crippen LogP contribution in [0.2, 0.25) is 10.0 Å². The van der Waals surface area contributed by atoms with Crippen LogP contribution in [0.4, 0.5) is 5.69 Å². The molecule has 4 nitrogen and oxygen atoms in total. The Bertz CT molecular complexity index is 673. The van der Waals surface area contributed by atoms with Gasteiger partial charge in [-0.3, -0.25) is 9.48 Å². The molecule has 0 amide bonds. The van der Waals surface area contributed by atoms with Gasteiger partial charge >= 0.3 is 0 Å². The van der Waals surface area contributed by atoms with Crippen LogP contribution in [0.25, 0.3) is 5.69 Å². The fourth-order valence-electron chi connectivity index (χ4n) is 2.20. The van der Waals surface area contributed by atoms with Crippen molar-refractivity contribution < 1.29 is 0 Å². The van der Waals surface area contributed by atoms with E-state index in [1.54, 1.807) is 18.2 Å². The molecule has 102 valence electrons. The molecule has 0 spiro atoms. The zero-order chi connectivity index (χ0) is 14.2. The van der Waals surface area contributed by atoms with Crippen LogP contribution in [0.3, 0.4) is 0 Å². The summed E-state index contributed by atoms with van der Waals surface area (Å²) in [6.07, 6.45) is 0.688. The number of nitrogens with two attached hydrogens (primary N) is 1. The van der Waals surface area contributed by atoms with Crippen LogP contribution in [0.15, 0.2) is 23.0 Å². The highest BCUT2D eigenvalue weighted by molar-refractivity contribution is 6.35. The Labute approximate surface area is 121 Å². The minimum Gasteiger partial charge on any atom is -0.393 e. The Hall–Kier alpha value is -1.39. The summed E-state index contributed by atoms with van der Waals surface area (Å²) in [5.74, 6) is 0. The number of hydrogen-bond acceptors (Lipinski definition) is 2. The zero-order valence-corrected chi connectivity index (χ0v) is 12.3. The molecule has 0 saturated carbocycles. The van der Waals surface area contributed by atoms with Crippen molar-refractivity contribution in [3.05, 3.63) is 44.3 Å². The first kappa shape index (κ1) is 14.0. The van der Waals surface area contributed by atoms with Crippen molar-refractivity contribution >= 4 is 28.9 Å². The lowest BCUT2D eigenvalue weighted by Crippen LogP contribution is -2.22. The van der Waals surface area contributed by atoms with Gasteiger partial charge in [-0.2, -0.15) is 0 Å². The summed E-state index contributed by atoms with van der Waals surface area (Å²) in [5, 5.41) is 0.949. The minimum absolute atomic E-state index is 0.247. The lowest BCUT2D eigenvalue weighted by atomic mass is 10.3. The van der Waals surface area contributed by atoms with Crippen molar-refractivity contribution in [1.29, 1.82) is 0 Å². The second-order valence-corrected chi connectivity index (χ2v) is 4.99. The molecule has 0 saturated heterocycles. The van der Waals surface area contributed by atoms with E-state index in [1.165, 1.54) is 4.68 Å². The highest BCUT2D eigenvalue weighted by Gasteiger charge is 2.18. The van der Waals surface area contributed by atoms with Crippen LogP contribution in [0.5, 0.6) is 0 Å². The van der Waals surface area contributed by atoms with Crippen molar-refractivity contribution in [3.63, 3.8) is 0 Å². The van der Waals surface area contributed by atoms with Gasteiger partial charge in [0.25, 0.3) is 5.56 Å². The molecule has 0 aliphatic carbocycles. The van der Waals surface area contributed by atoms with E-state index < -0.39 is 0 Å². The first-order valence-electron chi connectivity index (χ1n) is 6.06. The van der Waals surface area contributed by atoms with E-state index in [4.69, 9.17) is 28.9 Å². The minimum atomic E-state index is -0.247. The topological polar surface area (TPSA) is 53.0 Å². The van der Waals surface area contributed by atoms with Crippen LogP contribution in [-0.4, -0.2) is 9.36 Å². The fourth-order valence-corrected chi connectivity index (χ4v) is 2.69. The summed E-state index contributed by atoms with van der Waals surface area (Å²) in [5.41, 5.74) is 7.32. The Morgan fingerprint density at radius 1 is 1.26 bits per heavy atom. The Kier molecular flexibility index (Phi) is 3.92. The second kappa shape index (κ2) is 5.31. The molecule has 0 atom stereocenters. The standard InChI is InChI=1S/C13H15Cl2N3O/c1-3-10-12(16)13(19)18(17(10)4-2)11-6-5-8(14)7-9(11)15/h5-7H,3-4,16H2,1-2H3. The van der Waals surface area contributed by atoms with Gasteiger partial charge in [0.2, 0.25) is 0 Å². The molecule has 2 N–H and O–H groups in total. The number of hydrogen-bond donors (Lipinski definition) is 1. The second-order valence-electron chi connectivity index (χ2n) is 4.14. The number of nitrogens with zero attached hydrogens (tertiary/aromatic N) is 2. The number of halogens is 2. The first-order valence-corrected chi connectivity index (χ1v) is 6.82. The van der Waals surface area contributed by atoms with Gasteiger partial charge in [0.05, 0.1) is 16.4 Å². The predicted molar refractivity (Wildman–Crippen MR) is 79.5 cm³/mol. The first-order chi connectivity index (χ1) is 9.01. The third-order valence-corrected chi connectivity index (χ3v) is 3.60.